The third-order valence-corrected chi connectivity index (χ3v) is 3.20. The lowest BCUT2D eigenvalue weighted by molar-refractivity contribution is -0.385. The van der Waals surface area contributed by atoms with E-state index in [1.807, 2.05) is 0 Å². The molecule has 7 heteroatoms. The van der Waals surface area contributed by atoms with Gasteiger partial charge in [0.1, 0.15) is 6.04 Å². The van der Waals surface area contributed by atoms with Gasteiger partial charge in [-0.2, -0.15) is 0 Å². The number of carbonyl (C=O) groups excluding carboxylic acids is 1. The summed E-state index contributed by atoms with van der Waals surface area (Å²) < 4.78 is 1.09. The number of carbonyl (C=O) groups is 1. The van der Waals surface area contributed by atoms with E-state index in [9.17, 15) is 19.7 Å². The molecule has 2 rings (SSSR count). The summed E-state index contributed by atoms with van der Waals surface area (Å²) in [5, 5.41) is 10.9. The molecule has 0 radical (unpaired) electrons. The Balaban J connectivity index is 2.65. The monoisotopic (exact) mass is 301 g/mol. The first-order chi connectivity index (χ1) is 10.4. The van der Waals surface area contributed by atoms with Crippen molar-refractivity contribution in [2.24, 2.45) is 0 Å². The first kappa shape index (κ1) is 15.4. The number of nitrogens with zero attached hydrogens (tertiary/aromatic N) is 3. The molecule has 0 bridgehead atoms. The van der Waals surface area contributed by atoms with Crippen LogP contribution in [0.4, 0.5) is 5.69 Å². The predicted octanol–water partition coefficient (Wildman–Crippen LogP) is 1.43. The predicted molar refractivity (Wildman–Crippen MR) is 80.6 cm³/mol. The zero-order chi connectivity index (χ0) is 16.3. The van der Waals surface area contributed by atoms with Crippen molar-refractivity contribution < 1.29 is 9.72 Å². The Morgan fingerprint density at radius 3 is 2.36 bits per heavy atom. The van der Waals surface area contributed by atoms with Crippen LogP contribution in [0.2, 0.25) is 0 Å². The summed E-state index contributed by atoms with van der Waals surface area (Å²) in [6.45, 7) is 0. The van der Waals surface area contributed by atoms with Crippen LogP contribution in [0.15, 0.2) is 53.5 Å². The largest absolute Gasteiger partial charge is 0.347 e. The van der Waals surface area contributed by atoms with Crippen molar-refractivity contribution in [3.63, 3.8) is 0 Å². The maximum absolute atomic E-state index is 12.5. The number of hydrogen-bond donors (Lipinski definition) is 0. The van der Waals surface area contributed by atoms with Gasteiger partial charge in [-0.25, -0.2) is 0 Å². The van der Waals surface area contributed by atoms with E-state index in [0.717, 1.165) is 22.9 Å². The topological polar surface area (TPSA) is 85.4 Å². The van der Waals surface area contributed by atoms with Gasteiger partial charge in [0.2, 0.25) is 5.91 Å². The zero-order valence-electron chi connectivity index (χ0n) is 12.2. The first-order valence-corrected chi connectivity index (χ1v) is 6.54. The Bertz CT molecular complexity index is 753. The molecule has 22 heavy (non-hydrogen) atoms. The lowest BCUT2D eigenvalue weighted by Gasteiger charge is -2.22. The summed E-state index contributed by atoms with van der Waals surface area (Å²) in [4.78, 5) is 36.3. The second kappa shape index (κ2) is 6.21. The molecule has 0 spiro atoms. The van der Waals surface area contributed by atoms with E-state index in [4.69, 9.17) is 0 Å². The van der Waals surface area contributed by atoms with Gasteiger partial charge in [0.15, 0.2) is 0 Å². The summed E-state index contributed by atoms with van der Waals surface area (Å²) in [6.07, 6.45) is 1.10. The van der Waals surface area contributed by atoms with Gasteiger partial charge in [0, 0.05) is 26.2 Å². The molecular formula is C15H15N3O4. The highest BCUT2D eigenvalue weighted by Crippen LogP contribution is 2.20. The molecule has 0 aliphatic heterocycles. The van der Waals surface area contributed by atoms with Crippen molar-refractivity contribution in [1.29, 1.82) is 0 Å². The Morgan fingerprint density at radius 2 is 1.82 bits per heavy atom. The fourth-order valence-corrected chi connectivity index (χ4v) is 2.10. The molecule has 1 amide bonds. The average molecular weight is 301 g/mol. The SMILES string of the molecule is CN(C)C(=O)[C@H](c1ccccc1)n1cc([N+](=O)[O-])ccc1=O. The van der Waals surface area contributed by atoms with Crippen LogP contribution in [0, 0.1) is 10.1 Å². The molecule has 114 valence electrons. The van der Waals surface area contributed by atoms with Gasteiger partial charge in [-0.1, -0.05) is 30.3 Å². The van der Waals surface area contributed by atoms with Crippen LogP contribution in [0.5, 0.6) is 0 Å². The van der Waals surface area contributed by atoms with Gasteiger partial charge >= 0.3 is 0 Å². The van der Waals surface area contributed by atoms with Crippen molar-refractivity contribution in [2.75, 3.05) is 14.1 Å². The lowest BCUT2D eigenvalue weighted by atomic mass is 10.1. The van der Waals surface area contributed by atoms with Crippen molar-refractivity contribution in [2.45, 2.75) is 6.04 Å². The number of likely N-dealkylation sites (N-methyl/N-ethyl adjacent to an activating group) is 1. The second-order valence-corrected chi connectivity index (χ2v) is 4.94. The number of hydrogen-bond acceptors (Lipinski definition) is 4. The van der Waals surface area contributed by atoms with Crippen molar-refractivity contribution in [3.05, 3.63) is 74.7 Å². The van der Waals surface area contributed by atoms with Crippen molar-refractivity contribution in [3.8, 4) is 0 Å². The maximum atomic E-state index is 12.5. The molecule has 1 heterocycles. The number of nitro groups is 1. The third-order valence-electron chi connectivity index (χ3n) is 3.20. The minimum Gasteiger partial charge on any atom is -0.347 e. The van der Waals surface area contributed by atoms with E-state index in [1.54, 1.807) is 44.4 Å². The summed E-state index contributed by atoms with van der Waals surface area (Å²) >= 11 is 0. The molecular weight excluding hydrogens is 286 g/mol. The van der Waals surface area contributed by atoms with Crippen LogP contribution < -0.4 is 5.56 Å². The van der Waals surface area contributed by atoms with Gasteiger partial charge in [-0.05, 0) is 5.56 Å². The van der Waals surface area contributed by atoms with E-state index in [2.05, 4.69) is 0 Å². The highest BCUT2D eigenvalue weighted by atomic mass is 16.6. The molecule has 0 saturated carbocycles. The van der Waals surface area contributed by atoms with Gasteiger partial charge in [0.05, 0.1) is 11.1 Å². The van der Waals surface area contributed by atoms with Gasteiger partial charge in [-0.15, -0.1) is 0 Å². The van der Waals surface area contributed by atoms with Crippen LogP contribution in [0.25, 0.3) is 0 Å². The summed E-state index contributed by atoms with van der Waals surface area (Å²) in [7, 11) is 3.14. The Hall–Kier alpha value is -2.96. The molecule has 1 aromatic carbocycles. The fourth-order valence-electron chi connectivity index (χ4n) is 2.10. The Labute approximate surface area is 126 Å². The van der Waals surface area contributed by atoms with Gasteiger partial charge < -0.3 is 4.90 Å². The number of rotatable bonds is 4. The van der Waals surface area contributed by atoms with Crippen LogP contribution in [0.1, 0.15) is 11.6 Å². The fraction of sp³-hybridized carbons (Fsp3) is 0.200. The zero-order valence-corrected chi connectivity index (χ0v) is 12.2. The Kier molecular flexibility index (Phi) is 4.36. The normalized spacial score (nSPS) is 11.7. The highest BCUT2D eigenvalue weighted by Gasteiger charge is 2.26. The number of pyridine rings is 1. The van der Waals surface area contributed by atoms with Crippen LogP contribution in [0.3, 0.4) is 0 Å². The van der Waals surface area contributed by atoms with Gasteiger partial charge in [0.25, 0.3) is 11.2 Å². The van der Waals surface area contributed by atoms with Crippen LogP contribution >= 0.6 is 0 Å². The van der Waals surface area contributed by atoms with Crippen LogP contribution in [-0.2, 0) is 4.79 Å². The summed E-state index contributed by atoms with van der Waals surface area (Å²) in [5.74, 6) is -0.339. The maximum Gasteiger partial charge on any atom is 0.285 e. The summed E-state index contributed by atoms with van der Waals surface area (Å²) in [6, 6.07) is 9.97. The quantitative estimate of drug-likeness (QED) is 0.631. The molecule has 1 atom stereocenters. The Morgan fingerprint density at radius 1 is 1.18 bits per heavy atom. The molecule has 0 unspecified atom stereocenters. The molecule has 0 aliphatic rings. The number of aromatic nitrogens is 1. The minimum absolute atomic E-state index is 0.243. The van der Waals surface area contributed by atoms with E-state index in [-0.39, 0.29) is 11.6 Å². The van der Waals surface area contributed by atoms with Gasteiger partial charge in [-0.3, -0.25) is 24.3 Å². The van der Waals surface area contributed by atoms with Crippen LogP contribution in [-0.4, -0.2) is 34.4 Å². The second-order valence-electron chi connectivity index (χ2n) is 4.94. The molecule has 2 aromatic rings. The summed E-state index contributed by atoms with van der Waals surface area (Å²) in [5.41, 5.74) is -0.134. The van der Waals surface area contributed by atoms with E-state index >= 15 is 0 Å². The molecule has 0 fully saturated rings. The highest BCUT2D eigenvalue weighted by molar-refractivity contribution is 5.83. The van der Waals surface area contributed by atoms with E-state index < -0.39 is 16.5 Å². The molecule has 1 aromatic heterocycles. The first-order valence-electron chi connectivity index (χ1n) is 6.54. The molecule has 0 aliphatic carbocycles. The van der Waals surface area contributed by atoms with E-state index in [0.29, 0.717) is 5.56 Å². The van der Waals surface area contributed by atoms with Crippen molar-refractivity contribution >= 4 is 11.6 Å². The number of amides is 1. The smallest absolute Gasteiger partial charge is 0.285 e. The van der Waals surface area contributed by atoms with E-state index in [1.165, 1.54) is 4.90 Å². The lowest BCUT2D eigenvalue weighted by Crippen LogP contribution is -2.37. The standard InChI is InChI=1S/C15H15N3O4/c1-16(2)15(20)14(11-6-4-3-5-7-11)17-10-12(18(21)22)8-9-13(17)19/h3-10,14H,1-2H3/t14-/m0/s1. The average Bonchev–Trinajstić information content (AvgIpc) is 2.50. The molecule has 0 N–H and O–H groups in total. The third kappa shape index (κ3) is 3.03. The number of benzene rings is 1. The molecule has 7 nitrogen and oxygen atoms in total. The minimum atomic E-state index is -0.941. The van der Waals surface area contributed by atoms with Crippen molar-refractivity contribution in [1.82, 2.24) is 9.47 Å². The molecule has 0 saturated heterocycles.